The molecule has 1 fully saturated rings. The minimum Gasteiger partial charge on any atom is -0.396 e. The van der Waals surface area contributed by atoms with Crippen molar-refractivity contribution in [1.29, 1.82) is 0 Å². The summed E-state index contributed by atoms with van der Waals surface area (Å²) in [5.74, 6) is 0.725. The second kappa shape index (κ2) is 7.25. The zero-order valence-corrected chi connectivity index (χ0v) is 12.0. The maximum Gasteiger partial charge on any atom is 0.244 e. The lowest BCUT2D eigenvalue weighted by atomic mass is 9.97. The van der Waals surface area contributed by atoms with Gasteiger partial charge in [-0.05, 0) is 48.8 Å². The molecule has 1 aromatic rings. The third kappa shape index (κ3) is 3.94. The van der Waals surface area contributed by atoms with Crippen LogP contribution >= 0.6 is 0 Å². The Balaban J connectivity index is 1.82. The number of aryl methyl sites for hydroxylation is 1. The van der Waals surface area contributed by atoms with Crippen molar-refractivity contribution in [2.75, 3.05) is 13.2 Å². The molecule has 2 N–H and O–H groups in total. The van der Waals surface area contributed by atoms with Gasteiger partial charge in [-0.3, -0.25) is 4.79 Å². The highest BCUT2D eigenvalue weighted by atomic mass is 16.3. The molecule has 1 saturated carbocycles. The van der Waals surface area contributed by atoms with Crippen molar-refractivity contribution in [3.05, 3.63) is 41.5 Å². The molecule has 20 heavy (non-hydrogen) atoms. The Morgan fingerprint density at radius 3 is 2.85 bits per heavy atom. The van der Waals surface area contributed by atoms with E-state index in [1.54, 1.807) is 6.08 Å². The quantitative estimate of drug-likeness (QED) is 0.810. The molecular formula is C17H23NO2. The Kier molecular flexibility index (Phi) is 5.36. The van der Waals surface area contributed by atoms with E-state index in [-0.39, 0.29) is 12.5 Å². The van der Waals surface area contributed by atoms with Gasteiger partial charge >= 0.3 is 0 Å². The van der Waals surface area contributed by atoms with Gasteiger partial charge in [-0.15, -0.1) is 0 Å². The number of benzene rings is 1. The minimum absolute atomic E-state index is 0.0585. The molecule has 1 aromatic carbocycles. The van der Waals surface area contributed by atoms with Crippen LogP contribution in [-0.2, 0) is 4.79 Å². The van der Waals surface area contributed by atoms with Crippen LogP contribution in [0, 0.1) is 18.8 Å². The summed E-state index contributed by atoms with van der Waals surface area (Å²) in [7, 11) is 0. The molecule has 108 valence electrons. The SMILES string of the molecule is Cc1ccccc1C=CC(=O)NCC1CCCC1CO. The second-order valence-corrected chi connectivity index (χ2v) is 5.57. The number of carbonyl (C=O) groups is 1. The highest BCUT2D eigenvalue weighted by Gasteiger charge is 2.26. The highest BCUT2D eigenvalue weighted by molar-refractivity contribution is 5.91. The molecule has 0 aliphatic heterocycles. The number of hydrogen-bond donors (Lipinski definition) is 2. The predicted molar refractivity (Wildman–Crippen MR) is 81.1 cm³/mol. The first kappa shape index (κ1) is 14.8. The summed E-state index contributed by atoms with van der Waals surface area (Å²) in [5.41, 5.74) is 2.23. The average Bonchev–Trinajstić information content (AvgIpc) is 2.91. The first-order valence-corrected chi connectivity index (χ1v) is 7.33. The van der Waals surface area contributed by atoms with Crippen LogP contribution in [0.2, 0.25) is 0 Å². The van der Waals surface area contributed by atoms with E-state index in [0.717, 1.165) is 30.4 Å². The number of rotatable bonds is 5. The van der Waals surface area contributed by atoms with Gasteiger partial charge in [0.05, 0.1) is 0 Å². The summed E-state index contributed by atoms with van der Waals surface area (Å²) in [6, 6.07) is 7.98. The fourth-order valence-electron chi connectivity index (χ4n) is 2.85. The lowest BCUT2D eigenvalue weighted by molar-refractivity contribution is -0.116. The molecule has 1 amide bonds. The number of nitrogens with one attached hydrogen (secondary N) is 1. The molecule has 3 nitrogen and oxygen atoms in total. The van der Waals surface area contributed by atoms with Crippen molar-refractivity contribution in [2.45, 2.75) is 26.2 Å². The molecule has 0 aromatic heterocycles. The molecule has 0 heterocycles. The topological polar surface area (TPSA) is 49.3 Å². The largest absolute Gasteiger partial charge is 0.396 e. The predicted octanol–water partition coefficient (Wildman–Crippen LogP) is 2.53. The maximum atomic E-state index is 11.8. The Hall–Kier alpha value is -1.61. The Bertz CT molecular complexity index is 482. The molecule has 0 spiro atoms. The number of hydrogen-bond acceptors (Lipinski definition) is 2. The van der Waals surface area contributed by atoms with Gasteiger partial charge in [0, 0.05) is 19.2 Å². The van der Waals surface area contributed by atoms with Crippen LogP contribution in [0.5, 0.6) is 0 Å². The van der Waals surface area contributed by atoms with Gasteiger partial charge in [-0.1, -0.05) is 30.7 Å². The van der Waals surface area contributed by atoms with Crippen LogP contribution in [0.1, 0.15) is 30.4 Å². The van der Waals surface area contributed by atoms with Crippen LogP contribution in [-0.4, -0.2) is 24.2 Å². The maximum absolute atomic E-state index is 11.8. The first-order chi connectivity index (χ1) is 9.70. The van der Waals surface area contributed by atoms with Crippen LogP contribution in [0.3, 0.4) is 0 Å². The lowest BCUT2D eigenvalue weighted by Gasteiger charge is -2.17. The number of carbonyl (C=O) groups excluding carboxylic acids is 1. The summed E-state index contributed by atoms with van der Waals surface area (Å²) in [6.07, 6.45) is 6.78. The van der Waals surface area contributed by atoms with Gasteiger partial charge in [0.1, 0.15) is 0 Å². The van der Waals surface area contributed by atoms with E-state index in [2.05, 4.69) is 5.32 Å². The van der Waals surface area contributed by atoms with Gasteiger partial charge in [0.25, 0.3) is 0 Å². The van der Waals surface area contributed by atoms with E-state index in [1.807, 2.05) is 37.3 Å². The van der Waals surface area contributed by atoms with Crippen LogP contribution in [0.4, 0.5) is 0 Å². The van der Waals surface area contributed by atoms with Gasteiger partial charge in [0.2, 0.25) is 5.91 Å². The van der Waals surface area contributed by atoms with E-state index in [0.29, 0.717) is 18.4 Å². The summed E-state index contributed by atoms with van der Waals surface area (Å²) in [6.45, 7) is 2.93. The van der Waals surface area contributed by atoms with Crippen molar-refractivity contribution in [3.63, 3.8) is 0 Å². The monoisotopic (exact) mass is 273 g/mol. The van der Waals surface area contributed by atoms with Gasteiger partial charge in [-0.25, -0.2) is 0 Å². The van der Waals surface area contributed by atoms with E-state index < -0.39 is 0 Å². The third-order valence-corrected chi connectivity index (χ3v) is 4.19. The van der Waals surface area contributed by atoms with Crippen LogP contribution in [0.25, 0.3) is 6.08 Å². The van der Waals surface area contributed by atoms with E-state index in [4.69, 9.17) is 0 Å². The highest BCUT2D eigenvalue weighted by Crippen LogP contribution is 2.30. The molecule has 0 saturated heterocycles. The van der Waals surface area contributed by atoms with E-state index in [9.17, 15) is 9.90 Å². The summed E-state index contributed by atoms with van der Waals surface area (Å²) >= 11 is 0. The molecule has 0 radical (unpaired) electrons. The molecule has 0 bridgehead atoms. The zero-order chi connectivity index (χ0) is 14.4. The molecular weight excluding hydrogens is 250 g/mol. The van der Waals surface area contributed by atoms with Crippen LogP contribution < -0.4 is 5.32 Å². The van der Waals surface area contributed by atoms with Gasteiger partial charge < -0.3 is 10.4 Å². The molecule has 2 atom stereocenters. The lowest BCUT2D eigenvalue weighted by Crippen LogP contribution is -2.30. The molecule has 2 rings (SSSR count). The van der Waals surface area contributed by atoms with Gasteiger partial charge in [-0.2, -0.15) is 0 Å². The molecule has 1 aliphatic rings. The standard InChI is InChI=1S/C17H23NO2/c1-13-5-2-3-6-14(13)9-10-17(20)18-11-15-7-4-8-16(15)12-19/h2-3,5-6,9-10,15-16,19H,4,7-8,11-12H2,1H3,(H,18,20). The molecule has 2 unspecified atom stereocenters. The third-order valence-electron chi connectivity index (χ3n) is 4.19. The van der Waals surface area contributed by atoms with Crippen molar-refractivity contribution >= 4 is 12.0 Å². The van der Waals surface area contributed by atoms with Crippen molar-refractivity contribution in [1.82, 2.24) is 5.32 Å². The number of aliphatic hydroxyl groups is 1. The van der Waals surface area contributed by atoms with Crippen molar-refractivity contribution in [3.8, 4) is 0 Å². The van der Waals surface area contributed by atoms with Gasteiger partial charge in [0.15, 0.2) is 0 Å². The van der Waals surface area contributed by atoms with Crippen LogP contribution in [0.15, 0.2) is 30.3 Å². The Morgan fingerprint density at radius 1 is 1.35 bits per heavy atom. The van der Waals surface area contributed by atoms with E-state index in [1.165, 1.54) is 0 Å². The summed E-state index contributed by atoms with van der Waals surface area (Å²) < 4.78 is 0. The molecule has 3 heteroatoms. The van der Waals surface area contributed by atoms with Crippen molar-refractivity contribution in [2.24, 2.45) is 11.8 Å². The normalized spacial score (nSPS) is 22.3. The minimum atomic E-state index is -0.0585. The fraction of sp³-hybridized carbons (Fsp3) is 0.471. The number of amides is 1. The summed E-state index contributed by atoms with van der Waals surface area (Å²) in [5, 5.41) is 12.2. The summed E-state index contributed by atoms with van der Waals surface area (Å²) in [4.78, 5) is 11.8. The molecule has 1 aliphatic carbocycles. The Morgan fingerprint density at radius 2 is 2.10 bits per heavy atom. The first-order valence-electron chi connectivity index (χ1n) is 7.33. The average molecular weight is 273 g/mol. The fourth-order valence-corrected chi connectivity index (χ4v) is 2.85. The second-order valence-electron chi connectivity index (χ2n) is 5.57. The smallest absolute Gasteiger partial charge is 0.244 e. The Labute approximate surface area is 120 Å². The van der Waals surface area contributed by atoms with Crippen molar-refractivity contribution < 1.29 is 9.90 Å². The van der Waals surface area contributed by atoms with E-state index >= 15 is 0 Å². The number of aliphatic hydroxyl groups excluding tert-OH is 1. The zero-order valence-electron chi connectivity index (χ0n) is 12.0.